The molecule has 0 spiro atoms. The summed E-state index contributed by atoms with van der Waals surface area (Å²) in [5.74, 6) is -0.250. The van der Waals surface area contributed by atoms with Gasteiger partial charge in [-0.3, -0.25) is 9.59 Å². The molecule has 2 N–H and O–H groups in total. The number of nitrogens with zero attached hydrogens (tertiary/aromatic N) is 2. The number of benzene rings is 1. The molecule has 0 saturated carbocycles. The van der Waals surface area contributed by atoms with E-state index in [2.05, 4.69) is 15.8 Å². The maximum Gasteiger partial charge on any atom is 0.259 e. The molecule has 0 bridgehead atoms. The molecule has 0 aliphatic heterocycles. The number of nitrogens with one attached hydrogen (secondary N) is 2. The molecule has 0 fully saturated rings. The van der Waals surface area contributed by atoms with Crippen LogP contribution in [0.3, 0.4) is 0 Å². The molecule has 2 rings (SSSR count). The number of rotatable bonds is 7. The first-order chi connectivity index (χ1) is 12.0. The van der Waals surface area contributed by atoms with Gasteiger partial charge in [-0.15, -0.1) is 0 Å². The summed E-state index contributed by atoms with van der Waals surface area (Å²) in [4.78, 5) is 25.2. The summed E-state index contributed by atoms with van der Waals surface area (Å²) in [5.41, 5.74) is 4.29. The van der Waals surface area contributed by atoms with E-state index < -0.39 is 11.8 Å². The van der Waals surface area contributed by atoms with Crippen molar-refractivity contribution >= 4 is 29.8 Å². The summed E-state index contributed by atoms with van der Waals surface area (Å²) in [7, 11) is 3.92. The molecule has 0 radical (unpaired) electrons. The minimum atomic E-state index is -0.416. The lowest BCUT2D eigenvalue weighted by atomic mass is 10.2. The van der Waals surface area contributed by atoms with Crippen molar-refractivity contribution < 1.29 is 14.0 Å². The van der Waals surface area contributed by atoms with Crippen LogP contribution in [-0.4, -0.2) is 38.7 Å². The smallest absolute Gasteiger partial charge is 0.259 e. The molecule has 1 aromatic carbocycles. The van der Waals surface area contributed by atoms with E-state index in [0.717, 1.165) is 11.3 Å². The molecule has 0 unspecified atom stereocenters. The minimum Gasteiger partial charge on any atom is -0.465 e. The standard InChI is InChI=1S/C18H20N4O3/c1-22(2)15-7-5-14(6-8-15)12-20-21-18(24)13-19-17(23)10-9-16-4-3-11-25-16/h3-12H,13H2,1-2H3,(H,19,23)(H,21,24)/b10-9+,20-12+. The molecule has 0 aliphatic carbocycles. The summed E-state index contributed by atoms with van der Waals surface area (Å²) in [6, 6.07) is 11.1. The molecule has 25 heavy (non-hydrogen) atoms. The fraction of sp³-hybridized carbons (Fsp3) is 0.167. The molecule has 1 heterocycles. The summed E-state index contributed by atoms with van der Waals surface area (Å²) < 4.78 is 5.06. The Morgan fingerprint density at radius 2 is 1.96 bits per heavy atom. The van der Waals surface area contributed by atoms with Crippen LogP contribution in [0.4, 0.5) is 5.69 Å². The van der Waals surface area contributed by atoms with E-state index in [1.54, 1.807) is 12.1 Å². The van der Waals surface area contributed by atoms with Gasteiger partial charge in [-0.25, -0.2) is 5.43 Å². The zero-order chi connectivity index (χ0) is 18.1. The number of hydrogen-bond donors (Lipinski definition) is 2. The van der Waals surface area contributed by atoms with Gasteiger partial charge in [-0.1, -0.05) is 12.1 Å². The lowest BCUT2D eigenvalue weighted by Crippen LogP contribution is -2.34. The Bertz CT molecular complexity index is 747. The predicted molar refractivity (Wildman–Crippen MR) is 97.3 cm³/mol. The fourth-order valence-corrected chi connectivity index (χ4v) is 1.85. The van der Waals surface area contributed by atoms with Gasteiger partial charge in [0.15, 0.2) is 0 Å². The Hall–Kier alpha value is -3.35. The third-order valence-corrected chi connectivity index (χ3v) is 3.18. The van der Waals surface area contributed by atoms with Gasteiger partial charge >= 0.3 is 0 Å². The molecule has 7 nitrogen and oxygen atoms in total. The number of hydrazone groups is 1. The fourth-order valence-electron chi connectivity index (χ4n) is 1.85. The van der Waals surface area contributed by atoms with Crippen molar-refractivity contribution in [3.63, 3.8) is 0 Å². The van der Waals surface area contributed by atoms with Crippen molar-refractivity contribution in [1.29, 1.82) is 0 Å². The minimum absolute atomic E-state index is 0.168. The van der Waals surface area contributed by atoms with Gasteiger partial charge in [-0.2, -0.15) is 5.10 Å². The summed E-state index contributed by atoms with van der Waals surface area (Å²) >= 11 is 0. The molecule has 0 aliphatic rings. The highest BCUT2D eigenvalue weighted by molar-refractivity contribution is 5.94. The van der Waals surface area contributed by atoms with Crippen LogP contribution in [0.5, 0.6) is 0 Å². The van der Waals surface area contributed by atoms with Gasteiger partial charge in [0.1, 0.15) is 5.76 Å². The maximum absolute atomic E-state index is 11.6. The summed E-state index contributed by atoms with van der Waals surface area (Å²) in [6.07, 6.45) is 5.86. The summed E-state index contributed by atoms with van der Waals surface area (Å²) in [5, 5.41) is 6.31. The molecule has 0 atom stereocenters. The van der Waals surface area contributed by atoms with Gasteiger partial charge in [-0.05, 0) is 35.9 Å². The number of carbonyl (C=O) groups excluding carboxylic acids is 2. The molecular weight excluding hydrogens is 320 g/mol. The number of hydrogen-bond acceptors (Lipinski definition) is 5. The average molecular weight is 340 g/mol. The van der Waals surface area contributed by atoms with Crippen LogP contribution in [0.25, 0.3) is 6.08 Å². The van der Waals surface area contributed by atoms with Crippen LogP contribution in [-0.2, 0) is 9.59 Å². The van der Waals surface area contributed by atoms with Crippen molar-refractivity contribution in [1.82, 2.24) is 10.7 Å². The van der Waals surface area contributed by atoms with Crippen molar-refractivity contribution in [2.75, 3.05) is 25.5 Å². The zero-order valence-electron chi connectivity index (χ0n) is 14.1. The lowest BCUT2D eigenvalue weighted by Gasteiger charge is -2.11. The highest BCUT2D eigenvalue weighted by Gasteiger charge is 2.02. The van der Waals surface area contributed by atoms with Crippen LogP contribution in [0.1, 0.15) is 11.3 Å². The molecule has 0 saturated heterocycles. The van der Waals surface area contributed by atoms with E-state index in [1.165, 1.54) is 24.6 Å². The Labute approximate surface area is 146 Å². The number of anilines is 1. The van der Waals surface area contributed by atoms with Gasteiger partial charge in [0.2, 0.25) is 5.91 Å². The Kier molecular flexibility index (Phi) is 6.53. The maximum atomic E-state index is 11.6. The molecule has 2 aromatic rings. The highest BCUT2D eigenvalue weighted by Crippen LogP contribution is 2.10. The monoisotopic (exact) mass is 340 g/mol. The highest BCUT2D eigenvalue weighted by atomic mass is 16.3. The van der Waals surface area contributed by atoms with E-state index in [-0.39, 0.29) is 6.54 Å². The van der Waals surface area contributed by atoms with Crippen LogP contribution >= 0.6 is 0 Å². The second-order valence-corrected chi connectivity index (χ2v) is 5.35. The Balaban J connectivity index is 1.72. The van der Waals surface area contributed by atoms with Gasteiger partial charge in [0, 0.05) is 25.9 Å². The zero-order valence-corrected chi connectivity index (χ0v) is 14.1. The third kappa shape index (κ3) is 6.34. The lowest BCUT2D eigenvalue weighted by molar-refractivity contribution is -0.123. The Morgan fingerprint density at radius 1 is 1.20 bits per heavy atom. The summed E-state index contributed by atoms with van der Waals surface area (Å²) in [6.45, 7) is -0.168. The molecule has 2 amide bonds. The SMILES string of the molecule is CN(C)c1ccc(/C=N/NC(=O)CNC(=O)/C=C/c2ccco2)cc1. The quantitative estimate of drug-likeness (QED) is 0.456. The Morgan fingerprint density at radius 3 is 2.60 bits per heavy atom. The first kappa shape index (κ1) is 18.0. The first-order valence-corrected chi connectivity index (χ1v) is 7.63. The largest absolute Gasteiger partial charge is 0.465 e. The van der Waals surface area contributed by atoms with E-state index in [1.807, 2.05) is 43.3 Å². The molecule has 130 valence electrons. The van der Waals surface area contributed by atoms with E-state index in [4.69, 9.17) is 4.42 Å². The van der Waals surface area contributed by atoms with Crippen molar-refractivity contribution in [2.24, 2.45) is 5.10 Å². The van der Waals surface area contributed by atoms with Gasteiger partial charge in [0.25, 0.3) is 5.91 Å². The average Bonchev–Trinajstić information content (AvgIpc) is 3.12. The van der Waals surface area contributed by atoms with Gasteiger partial charge < -0.3 is 14.6 Å². The molecule has 1 aromatic heterocycles. The van der Waals surface area contributed by atoms with Crippen LogP contribution in [0, 0.1) is 0 Å². The number of carbonyl (C=O) groups is 2. The van der Waals surface area contributed by atoms with Crippen LogP contribution in [0.15, 0.2) is 58.3 Å². The van der Waals surface area contributed by atoms with Gasteiger partial charge in [0.05, 0.1) is 19.0 Å². The second kappa shape index (κ2) is 9.07. The predicted octanol–water partition coefficient (Wildman–Crippen LogP) is 1.63. The van der Waals surface area contributed by atoms with E-state index in [9.17, 15) is 9.59 Å². The van der Waals surface area contributed by atoms with Crippen molar-refractivity contribution in [2.45, 2.75) is 0 Å². The van der Waals surface area contributed by atoms with E-state index >= 15 is 0 Å². The van der Waals surface area contributed by atoms with Crippen LogP contribution < -0.4 is 15.6 Å². The molecular formula is C18H20N4O3. The second-order valence-electron chi connectivity index (χ2n) is 5.35. The third-order valence-electron chi connectivity index (χ3n) is 3.18. The number of furan rings is 1. The topological polar surface area (TPSA) is 86.9 Å². The van der Waals surface area contributed by atoms with Crippen molar-refractivity contribution in [3.8, 4) is 0 Å². The molecule has 7 heteroatoms. The van der Waals surface area contributed by atoms with Crippen LogP contribution in [0.2, 0.25) is 0 Å². The first-order valence-electron chi connectivity index (χ1n) is 7.63. The van der Waals surface area contributed by atoms with E-state index in [0.29, 0.717) is 5.76 Å². The number of amides is 2. The normalized spacial score (nSPS) is 11.0. The van der Waals surface area contributed by atoms with Crippen molar-refractivity contribution in [3.05, 3.63) is 60.1 Å².